The van der Waals surface area contributed by atoms with E-state index in [2.05, 4.69) is 0 Å². The minimum absolute atomic E-state index is 0.377. The van der Waals surface area contributed by atoms with Crippen molar-refractivity contribution in [3.63, 3.8) is 0 Å². The second kappa shape index (κ2) is 7.49. The third-order valence-electron chi connectivity index (χ3n) is 1.78. The van der Waals surface area contributed by atoms with Crippen LogP contribution in [-0.2, 0) is 9.59 Å². The summed E-state index contributed by atoms with van der Waals surface area (Å²) < 4.78 is 0. The highest BCUT2D eigenvalue weighted by Gasteiger charge is 2.12. The van der Waals surface area contributed by atoms with E-state index in [1.165, 1.54) is 11.8 Å². The Balaban J connectivity index is 3.40. The molecule has 0 amide bonds. The smallest absolute Gasteiger partial charge is 0.320 e. The van der Waals surface area contributed by atoms with Crippen LogP contribution in [0, 0.1) is 0 Å². The average Bonchev–Trinajstić information content (AvgIpc) is 2.16. The molecule has 0 aliphatic carbocycles. The van der Waals surface area contributed by atoms with Crippen LogP contribution in [0.25, 0.3) is 0 Å². The van der Waals surface area contributed by atoms with E-state index >= 15 is 0 Å². The number of aliphatic carboxylic acids is 2. The molecule has 0 spiro atoms. The predicted molar refractivity (Wildman–Crippen MR) is 57.8 cm³/mol. The maximum Gasteiger partial charge on any atom is 0.320 e. The molecule has 0 aromatic carbocycles. The first kappa shape index (κ1) is 14.2. The molecule has 0 bridgehead atoms. The average molecular weight is 236 g/mol. The third-order valence-corrected chi connectivity index (χ3v) is 2.83. The lowest BCUT2D eigenvalue weighted by Crippen LogP contribution is -2.31. The first-order chi connectivity index (χ1) is 6.95. The van der Waals surface area contributed by atoms with Crippen LogP contribution in [0.1, 0.15) is 12.8 Å². The van der Waals surface area contributed by atoms with Crippen LogP contribution in [0.4, 0.5) is 0 Å². The fourth-order valence-corrected chi connectivity index (χ4v) is 1.81. The van der Waals surface area contributed by atoms with Crippen molar-refractivity contribution in [3.05, 3.63) is 0 Å². The molecule has 6 nitrogen and oxygen atoms in total. The van der Waals surface area contributed by atoms with Gasteiger partial charge < -0.3 is 21.7 Å². The first-order valence-corrected chi connectivity index (χ1v) is 5.65. The molecular weight excluding hydrogens is 220 g/mol. The minimum atomic E-state index is -1.02. The molecule has 0 saturated carbocycles. The monoisotopic (exact) mass is 236 g/mol. The van der Waals surface area contributed by atoms with Crippen molar-refractivity contribution in [2.24, 2.45) is 11.5 Å². The maximum absolute atomic E-state index is 10.3. The molecule has 15 heavy (non-hydrogen) atoms. The summed E-state index contributed by atoms with van der Waals surface area (Å²) in [5.74, 6) is -0.838. The van der Waals surface area contributed by atoms with Gasteiger partial charge in [0, 0.05) is 0 Å². The number of carboxylic acids is 2. The molecule has 0 aromatic rings. The summed E-state index contributed by atoms with van der Waals surface area (Å²) in [5, 5.41) is 16.9. The highest BCUT2D eigenvalue weighted by Crippen LogP contribution is 2.07. The molecule has 0 unspecified atom stereocenters. The molecule has 0 radical (unpaired) electrons. The lowest BCUT2D eigenvalue weighted by atomic mass is 10.2. The van der Waals surface area contributed by atoms with Gasteiger partial charge >= 0.3 is 11.9 Å². The van der Waals surface area contributed by atoms with Crippen LogP contribution < -0.4 is 11.5 Å². The SMILES string of the molecule is N[C@H](CCSCC[C@H](N)C(=O)O)C(=O)O. The summed E-state index contributed by atoms with van der Waals surface area (Å²) in [6.07, 6.45) is 0.755. The Bertz CT molecular complexity index is 203. The molecule has 0 aromatic heterocycles. The van der Waals surface area contributed by atoms with Gasteiger partial charge in [-0.2, -0.15) is 11.8 Å². The Morgan fingerprint density at radius 3 is 1.60 bits per heavy atom. The number of carbonyl (C=O) groups is 2. The van der Waals surface area contributed by atoms with Crippen LogP contribution in [0.3, 0.4) is 0 Å². The summed E-state index contributed by atoms with van der Waals surface area (Å²) >= 11 is 1.46. The minimum Gasteiger partial charge on any atom is -0.480 e. The van der Waals surface area contributed by atoms with Crippen molar-refractivity contribution in [2.45, 2.75) is 24.9 Å². The number of rotatable bonds is 8. The zero-order valence-electron chi connectivity index (χ0n) is 8.26. The van der Waals surface area contributed by atoms with Crippen molar-refractivity contribution in [3.8, 4) is 0 Å². The van der Waals surface area contributed by atoms with Crippen molar-refractivity contribution in [1.82, 2.24) is 0 Å². The lowest BCUT2D eigenvalue weighted by molar-refractivity contribution is -0.139. The van der Waals surface area contributed by atoms with Gasteiger partial charge in [0.15, 0.2) is 0 Å². The molecule has 0 rings (SSSR count). The number of nitrogens with two attached hydrogens (primary N) is 2. The van der Waals surface area contributed by atoms with Crippen molar-refractivity contribution in [1.29, 1.82) is 0 Å². The van der Waals surface area contributed by atoms with Gasteiger partial charge in [-0.1, -0.05) is 0 Å². The predicted octanol–water partition coefficient (Wildman–Crippen LogP) is -0.676. The molecule has 0 fully saturated rings. The second-order valence-corrected chi connectivity index (χ2v) is 4.30. The number of hydrogen-bond acceptors (Lipinski definition) is 5. The first-order valence-electron chi connectivity index (χ1n) is 4.49. The van der Waals surface area contributed by atoms with E-state index in [9.17, 15) is 9.59 Å². The fraction of sp³-hybridized carbons (Fsp3) is 0.750. The van der Waals surface area contributed by atoms with Crippen molar-refractivity contribution < 1.29 is 19.8 Å². The van der Waals surface area contributed by atoms with Gasteiger partial charge in [0.05, 0.1) is 0 Å². The normalized spacial score (nSPS) is 14.5. The Kier molecular flexibility index (Phi) is 7.10. The maximum atomic E-state index is 10.3. The third kappa shape index (κ3) is 7.18. The molecular formula is C8H16N2O4S. The summed E-state index contributed by atoms with van der Waals surface area (Å²) in [6, 6.07) is -1.68. The van der Waals surface area contributed by atoms with E-state index < -0.39 is 24.0 Å². The Morgan fingerprint density at radius 1 is 1.00 bits per heavy atom. The number of hydrogen-bond donors (Lipinski definition) is 4. The van der Waals surface area contributed by atoms with E-state index in [-0.39, 0.29) is 0 Å². The molecule has 6 N–H and O–H groups in total. The molecule has 0 aliphatic rings. The van der Waals surface area contributed by atoms with Crippen LogP contribution in [-0.4, -0.2) is 45.7 Å². The largest absolute Gasteiger partial charge is 0.480 e. The molecule has 7 heteroatoms. The Labute approximate surface area is 92.0 Å². The standard InChI is InChI=1S/C8H16N2O4S/c9-5(7(11)12)1-3-15-4-2-6(10)8(13)14/h5-6H,1-4,9-10H2,(H,11,12)(H,13,14)/t5-,6+. The van der Waals surface area contributed by atoms with Crippen molar-refractivity contribution >= 4 is 23.7 Å². The summed E-state index contributed by atoms with van der Waals surface area (Å²) in [6.45, 7) is 0. The van der Waals surface area contributed by atoms with E-state index in [0.717, 1.165) is 0 Å². The molecule has 0 heterocycles. The number of carboxylic acid groups (broad SMARTS) is 2. The highest BCUT2D eigenvalue weighted by molar-refractivity contribution is 7.99. The zero-order valence-corrected chi connectivity index (χ0v) is 9.07. The van der Waals surface area contributed by atoms with Crippen LogP contribution in [0.2, 0.25) is 0 Å². The van der Waals surface area contributed by atoms with E-state index in [4.69, 9.17) is 21.7 Å². The molecule has 2 atom stereocenters. The van der Waals surface area contributed by atoms with Gasteiger partial charge in [0.25, 0.3) is 0 Å². The second-order valence-electron chi connectivity index (χ2n) is 3.08. The van der Waals surface area contributed by atoms with E-state index in [1.807, 2.05) is 0 Å². The number of thioether (sulfide) groups is 1. The van der Waals surface area contributed by atoms with Crippen molar-refractivity contribution in [2.75, 3.05) is 11.5 Å². The summed E-state index contributed by atoms with van der Waals surface area (Å²) in [7, 11) is 0. The Hall–Kier alpha value is -0.790. The Morgan fingerprint density at radius 2 is 1.33 bits per heavy atom. The highest BCUT2D eigenvalue weighted by atomic mass is 32.2. The van der Waals surface area contributed by atoms with Gasteiger partial charge in [-0.15, -0.1) is 0 Å². The van der Waals surface area contributed by atoms with Gasteiger partial charge in [-0.25, -0.2) is 0 Å². The van der Waals surface area contributed by atoms with Gasteiger partial charge in [-0.3, -0.25) is 9.59 Å². The molecule has 0 aliphatic heterocycles. The van der Waals surface area contributed by atoms with E-state index in [0.29, 0.717) is 24.3 Å². The summed E-state index contributed by atoms with van der Waals surface area (Å²) in [5.41, 5.74) is 10.6. The molecule has 88 valence electrons. The van der Waals surface area contributed by atoms with Gasteiger partial charge in [-0.05, 0) is 24.3 Å². The van der Waals surface area contributed by atoms with Crippen LogP contribution >= 0.6 is 11.8 Å². The van der Waals surface area contributed by atoms with E-state index in [1.54, 1.807) is 0 Å². The van der Waals surface area contributed by atoms with Crippen LogP contribution in [0.15, 0.2) is 0 Å². The fourth-order valence-electron chi connectivity index (χ4n) is 0.770. The lowest BCUT2D eigenvalue weighted by Gasteiger charge is -2.07. The quantitative estimate of drug-likeness (QED) is 0.411. The summed E-state index contributed by atoms with van der Waals surface area (Å²) in [4.78, 5) is 20.7. The zero-order chi connectivity index (χ0) is 11.8. The van der Waals surface area contributed by atoms with Crippen LogP contribution in [0.5, 0.6) is 0 Å². The van der Waals surface area contributed by atoms with Gasteiger partial charge in [0.2, 0.25) is 0 Å². The topological polar surface area (TPSA) is 127 Å². The van der Waals surface area contributed by atoms with Gasteiger partial charge in [0.1, 0.15) is 12.1 Å². The molecule has 0 saturated heterocycles.